The van der Waals surface area contributed by atoms with E-state index in [1.54, 1.807) is 6.08 Å². The summed E-state index contributed by atoms with van der Waals surface area (Å²) < 4.78 is 0. The minimum Gasteiger partial charge on any atom is -0.295 e. The molecule has 3 rings (SSSR count). The Morgan fingerprint density at radius 1 is 1.05 bits per heavy atom. The number of benzene rings is 1. The highest BCUT2D eigenvalue weighted by Gasteiger charge is 2.27. The zero-order valence-corrected chi connectivity index (χ0v) is 12.8. The standard InChI is InChI=1S/C20H18O2/c1-13-12-18(15-8-10-17(21)11-9-15)19(14(2)20(13)22)16-6-4-3-5-7-16/h3-10,12-13H,11H2,1-2H3. The Kier molecular flexibility index (Phi) is 3.76. The molecule has 2 aliphatic rings. The number of hydrogen-bond acceptors (Lipinski definition) is 2. The SMILES string of the molecule is CC1=C(c2ccccc2)C(C2=CCC(=O)C=C2)=CC(C)C1=O. The van der Waals surface area contributed by atoms with Crippen molar-refractivity contribution >= 4 is 17.1 Å². The molecule has 1 aromatic rings. The molecule has 2 nitrogen and oxygen atoms in total. The Balaban J connectivity index is 2.14. The van der Waals surface area contributed by atoms with E-state index in [2.05, 4.69) is 0 Å². The molecule has 1 unspecified atom stereocenters. The minimum absolute atomic E-state index is 0.117. The lowest BCUT2D eigenvalue weighted by molar-refractivity contribution is -0.117. The van der Waals surface area contributed by atoms with Crippen LogP contribution in [0.3, 0.4) is 0 Å². The van der Waals surface area contributed by atoms with Gasteiger partial charge in [0.05, 0.1) is 0 Å². The van der Waals surface area contributed by atoms with Crippen LogP contribution in [0.1, 0.15) is 25.8 Å². The van der Waals surface area contributed by atoms with E-state index in [0.717, 1.165) is 27.9 Å². The van der Waals surface area contributed by atoms with E-state index in [1.807, 2.05) is 62.4 Å². The number of carbonyl (C=O) groups excluding carboxylic acids is 2. The van der Waals surface area contributed by atoms with Crippen LogP contribution in [0.2, 0.25) is 0 Å². The molecule has 22 heavy (non-hydrogen) atoms. The Morgan fingerprint density at radius 3 is 2.41 bits per heavy atom. The van der Waals surface area contributed by atoms with Gasteiger partial charge in [-0.2, -0.15) is 0 Å². The Labute approximate surface area is 130 Å². The normalized spacial score (nSPS) is 21.8. The van der Waals surface area contributed by atoms with E-state index >= 15 is 0 Å². The first-order chi connectivity index (χ1) is 10.6. The van der Waals surface area contributed by atoms with Crippen LogP contribution >= 0.6 is 0 Å². The third-order valence-corrected chi connectivity index (χ3v) is 4.19. The number of carbonyl (C=O) groups is 2. The molecular formula is C20H18O2. The van der Waals surface area contributed by atoms with Crippen LogP contribution in [0.4, 0.5) is 0 Å². The zero-order valence-electron chi connectivity index (χ0n) is 12.8. The highest BCUT2D eigenvalue weighted by atomic mass is 16.1. The van der Waals surface area contributed by atoms with Gasteiger partial charge in [0.1, 0.15) is 0 Å². The van der Waals surface area contributed by atoms with Crippen LogP contribution in [0.15, 0.2) is 71.4 Å². The molecule has 110 valence electrons. The van der Waals surface area contributed by atoms with Gasteiger partial charge < -0.3 is 0 Å². The fraction of sp³-hybridized carbons (Fsp3) is 0.200. The van der Waals surface area contributed by atoms with Gasteiger partial charge in [0.25, 0.3) is 0 Å². The number of rotatable bonds is 2. The second-order valence-electron chi connectivity index (χ2n) is 5.76. The van der Waals surface area contributed by atoms with Gasteiger partial charge in [-0.05, 0) is 35.3 Å². The highest BCUT2D eigenvalue weighted by molar-refractivity contribution is 6.11. The number of allylic oxidation sites excluding steroid dienone is 8. The molecule has 0 radical (unpaired) electrons. The molecule has 2 aliphatic carbocycles. The maximum absolute atomic E-state index is 12.4. The average Bonchev–Trinajstić information content (AvgIpc) is 2.54. The van der Waals surface area contributed by atoms with Gasteiger partial charge in [0.15, 0.2) is 11.6 Å². The second-order valence-corrected chi connectivity index (χ2v) is 5.76. The maximum atomic E-state index is 12.4. The van der Waals surface area contributed by atoms with Crippen LogP contribution in [-0.2, 0) is 9.59 Å². The molecule has 2 heteroatoms. The molecule has 0 saturated heterocycles. The van der Waals surface area contributed by atoms with Gasteiger partial charge in [-0.15, -0.1) is 0 Å². The van der Waals surface area contributed by atoms with Gasteiger partial charge >= 0.3 is 0 Å². The summed E-state index contributed by atoms with van der Waals surface area (Å²) in [5, 5.41) is 0. The number of Topliss-reactive ketones (excluding diaryl/α,β-unsaturated/α-hetero) is 1. The van der Waals surface area contributed by atoms with Crippen molar-refractivity contribution in [1.29, 1.82) is 0 Å². The summed E-state index contributed by atoms with van der Waals surface area (Å²) in [6.45, 7) is 3.82. The molecule has 0 bridgehead atoms. The van der Waals surface area contributed by atoms with Crippen molar-refractivity contribution in [2.75, 3.05) is 0 Å². The van der Waals surface area contributed by atoms with Crippen molar-refractivity contribution < 1.29 is 9.59 Å². The smallest absolute Gasteiger partial charge is 0.165 e. The first kappa shape index (κ1) is 14.5. The predicted molar refractivity (Wildman–Crippen MR) is 88.1 cm³/mol. The van der Waals surface area contributed by atoms with Crippen LogP contribution in [0.5, 0.6) is 0 Å². The van der Waals surface area contributed by atoms with Gasteiger partial charge in [-0.1, -0.05) is 55.5 Å². The van der Waals surface area contributed by atoms with Crippen LogP contribution < -0.4 is 0 Å². The van der Waals surface area contributed by atoms with Crippen LogP contribution in [0, 0.1) is 5.92 Å². The molecule has 0 heterocycles. The molecule has 0 spiro atoms. The Morgan fingerprint density at radius 2 is 1.77 bits per heavy atom. The van der Waals surface area contributed by atoms with E-state index in [9.17, 15) is 9.59 Å². The summed E-state index contributed by atoms with van der Waals surface area (Å²) in [5.41, 5.74) is 4.89. The molecular weight excluding hydrogens is 272 g/mol. The quantitative estimate of drug-likeness (QED) is 0.823. The summed E-state index contributed by atoms with van der Waals surface area (Å²) in [5.74, 6) is 0.153. The predicted octanol–water partition coefficient (Wildman–Crippen LogP) is 4.06. The molecule has 0 saturated carbocycles. The first-order valence-electron chi connectivity index (χ1n) is 7.52. The second kappa shape index (κ2) is 5.72. The topological polar surface area (TPSA) is 34.1 Å². The molecule has 0 aliphatic heterocycles. The van der Waals surface area contributed by atoms with E-state index in [-0.39, 0.29) is 17.5 Å². The lowest BCUT2D eigenvalue weighted by atomic mass is 9.78. The summed E-state index contributed by atoms with van der Waals surface area (Å²) in [7, 11) is 0. The third kappa shape index (κ3) is 2.52. The van der Waals surface area contributed by atoms with E-state index in [1.165, 1.54) is 0 Å². The van der Waals surface area contributed by atoms with E-state index in [0.29, 0.717) is 6.42 Å². The molecule has 1 aromatic carbocycles. The summed E-state index contributed by atoms with van der Waals surface area (Å²) in [6, 6.07) is 9.96. The fourth-order valence-electron chi connectivity index (χ4n) is 3.02. The minimum atomic E-state index is -0.130. The van der Waals surface area contributed by atoms with Crippen LogP contribution in [0.25, 0.3) is 5.57 Å². The van der Waals surface area contributed by atoms with E-state index < -0.39 is 0 Å². The summed E-state index contributed by atoms with van der Waals surface area (Å²) in [6.07, 6.45) is 7.87. The van der Waals surface area contributed by atoms with Crippen molar-refractivity contribution in [3.05, 3.63) is 76.9 Å². The van der Waals surface area contributed by atoms with Gasteiger partial charge in [-0.25, -0.2) is 0 Å². The van der Waals surface area contributed by atoms with Gasteiger partial charge in [0.2, 0.25) is 0 Å². The molecule has 0 amide bonds. The van der Waals surface area contributed by atoms with Crippen molar-refractivity contribution in [3.63, 3.8) is 0 Å². The van der Waals surface area contributed by atoms with Crippen molar-refractivity contribution in [1.82, 2.24) is 0 Å². The molecule has 1 atom stereocenters. The largest absolute Gasteiger partial charge is 0.295 e. The molecule has 0 N–H and O–H groups in total. The maximum Gasteiger partial charge on any atom is 0.165 e. The fourth-order valence-corrected chi connectivity index (χ4v) is 3.02. The summed E-state index contributed by atoms with van der Waals surface area (Å²) >= 11 is 0. The number of hydrogen-bond donors (Lipinski definition) is 0. The van der Waals surface area contributed by atoms with E-state index in [4.69, 9.17) is 0 Å². The van der Waals surface area contributed by atoms with Crippen molar-refractivity contribution in [3.8, 4) is 0 Å². The van der Waals surface area contributed by atoms with Crippen molar-refractivity contribution in [2.24, 2.45) is 5.92 Å². The third-order valence-electron chi connectivity index (χ3n) is 4.19. The lowest BCUT2D eigenvalue weighted by Gasteiger charge is -2.24. The Hall–Kier alpha value is -2.48. The lowest BCUT2D eigenvalue weighted by Crippen LogP contribution is -2.18. The molecule has 0 aromatic heterocycles. The average molecular weight is 290 g/mol. The zero-order chi connectivity index (χ0) is 15.7. The molecule has 0 fully saturated rings. The monoisotopic (exact) mass is 290 g/mol. The Bertz CT molecular complexity index is 758. The first-order valence-corrected chi connectivity index (χ1v) is 7.52. The van der Waals surface area contributed by atoms with Crippen LogP contribution in [-0.4, -0.2) is 11.6 Å². The van der Waals surface area contributed by atoms with Gasteiger partial charge in [-0.3, -0.25) is 9.59 Å². The van der Waals surface area contributed by atoms with Crippen molar-refractivity contribution in [2.45, 2.75) is 20.3 Å². The highest BCUT2D eigenvalue weighted by Crippen LogP contribution is 2.38. The summed E-state index contributed by atoms with van der Waals surface area (Å²) in [4.78, 5) is 23.8. The number of ketones is 2. The van der Waals surface area contributed by atoms with Gasteiger partial charge in [0, 0.05) is 17.9 Å².